The number of ketones is 1. The first kappa shape index (κ1) is 11.2. The van der Waals surface area contributed by atoms with Crippen molar-refractivity contribution < 1.29 is 9.18 Å². The third-order valence-corrected chi connectivity index (χ3v) is 2.38. The Labute approximate surface area is 97.3 Å². The number of hydrogen-bond acceptors (Lipinski definition) is 4. The molecule has 0 atom stereocenters. The van der Waals surface area contributed by atoms with Crippen LogP contribution in [-0.4, -0.2) is 15.8 Å². The molecule has 0 bridgehead atoms. The molecule has 0 saturated carbocycles. The number of nitrogens with zero attached hydrogens (tertiary/aromatic N) is 2. The molecule has 2 heterocycles. The van der Waals surface area contributed by atoms with Crippen LogP contribution >= 0.6 is 0 Å². The van der Waals surface area contributed by atoms with E-state index in [4.69, 9.17) is 5.73 Å². The van der Waals surface area contributed by atoms with Crippen LogP contribution in [0.25, 0.3) is 0 Å². The number of hydrogen-bond donors (Lipinski definition) is 1. The van der Waals surface area contributed by atoms with Crippen LogP contribution in [-0.2, 0) is 0 Å². The van der Waals surface area contributed by atoms with Gasteiger partial charge in [0.25, 0.3) is 0 Å². The molecule has 2 rings (SSSR count). The number of aryl methyl sites for hydroxylation is 1. The van der Waals surface area contributed by atoms with E-state index < -0.39 is 5.82 Å². The van der Waals surface area contributed by atoms with Gasteiger partial charge in [-0.25, -0.2) is 14.4 Å². The zero-order chi connectivity index (χ0) is 12.4. The summed E-state index contributed by atoms with van der Waals surface area (Å²) < 4.78 is 12.7. The second kappa shape index (κ2) is 4.29. The van der Waals surface area contributed by atoms with Crippen LogP contribution in [0.5, 0.6) is 0 Å². The van der Waals surface area contributed by atoms with Gasteiger partial charge in [-0.2, -0.15) is 0 Å². The molecule has 0 aromatic carbocycles. The summed E-state index contributed by atoms with van der Waals surface area (Å²) in [5.74, 6) is -0.688. The normalized spacial score (nSPS) is 10.2. The Morgan fingerprint density at radius 3 is 2.65 bits per heavy atom. The molecular formula is C12H10FN3O. The summed E-state index contributed by atoms with van der Waals surface area (Å²) >= 11 is 0. The maximum absolute atomic E-state index is 12.7. The van der Waals surface area contributed by atoms with Gasteiger partial charge >= 0.3 is 0 Å². The summed E-state index contributed by atoms with van der Waals surface area (Å²) in [6, 6.07) is 4.19. The first-order chi connectivity index (χ1) is 8.09. The number of rotatable bonds is 2. The van der Waals surface area contributed by atoms with Gasteiger partial charge in [0.2, 0.25) is 5.78 Å². The highest BCUT2D eigenvalue weighted by molar-refractivity contribution is 6.11. The molecule has 2 N–H and O–H groups in total. The van der Waals surface area contributed by atoms with E-state index in [9.17, 15) is 9.18 Å². The van der Waals surface area contributed by atoms with Gasteiger partial charge in [-0.15, -0.1) is 0 Å². The fourth-order valence-corrected chi connectivity index (χ4v) is 1.51. The van der Waals surface area contributed by atoms with E-state index in [0.29, 0.717) is 11.1 Å². The van der Waals surface area contributed by atoms with Gasteiger partial charge in [0, 0.05) is 6.20 Å². The van der Waals surface area contributed by atoms with E-state index in [2.05, 4.69) is 9.97 Å². The molecule has 17 heavy (non-hydrogen) atoms. The molecule has 0 amide bonds. The smallest absolute Gasteiger partial charge is 0.215 e. The van der Waals surface area contributed by atoms with Crippen molar-refractivity contribution in [2.75, 3.05) is 5.73 Å². The SMILES string of the molecule is Cc1ccnc(N)c1C(=O)c1ccc(F)cn1. The third kappa shape index (κ3) is 2.13. The summed E-state index contributed by atoms with van der Waals surface area (Å²) in [5.41, 5.74) is 6.83. The molecule has 0 radical (unpaired) electrons. The molecule has 0 saturated heterocycles. The van der Waals surface area contributed by atoms with Crippen molar-refractivity contribution >= 4 is 11.6 Å². The molecule has 4 nitrogen and oxygen atoms in total. The molecule has 0 unspecified atom stereocenters. The van der Waals surface area contributed by atoms with Crippen LogP contribution in [0.1, 0.15) is 21.6 Å². The number of carbonyl (C=O) groups excluding carboxylic acids is 1. The first-order valence-electron chi connectivity index (χ1n) is 4.97. The predicted octanol–water partition coefficient (Wildman–Crippen LogP) is 1.74. The highest BCUT2D eigenvalue weighted by Gasteiger charge is 2.16. The van der Waals surface area contributed by atoms with Gasteiger partial charge in [-0.1, -0.05) is 0 Å². The number of carbonyl (C=O) groups is 1. The van der Waals surface area contributed by atoms with Gasteiger partial charge in [0.05, 0.1) is 11.8 Å². The molecule has 0 aliphatic carbocycles. The molecule has 86 valence electrons. The third-order valence-electron chi connectivity index (χ3n) is 2.38. The Kier molecular flexibility index (Phi) is 2.82. The van der Waals surface area contributed by atoms with Crippen molar-refractivity contribution in [1.29, 1.82) is 0 Å². The minimum absolute atomic E-state index is 0.147. The Morgan fingerprint density at radius 2 is 2.06 bits per heavy atom. The maximum atomic E-state index is 12.7. The van der Waals surface area contributed by atoms with E-state index in [0.717, 1.165) is 6.20 Å². The number of halogens is 1. The number of aromatic nitrogens is 2. The number of anilines is 1. The minimum atomic E-state index is -0.488. The number of nitrogen functional groups attached to an aromatic ring is 1. The molecular weight excluding hydrogens is 221 g/mol. The van der Waals surface area contributed by atoms with E-state index in [1.807, 2.05) is 0 Å². The van der Waals surface area contributed by atoms with Gasteiger partial charge in [-0.3, -0.25) is 4.79 Å². The van der Waals surface area contributed by atoms with Crippen molar-refractivity contribution in [3.05, 3.63) is 53.2 Å². The summed E-state index contributed by atoms with van der Waals surface area (Å²) in [4.78, 5) is 19.7. The zero-order valence-electron chi connectivity index (χ0n) is 9.14. The average molecular weight is 231 g/mol. The number of pyridine rings is 2. The molecule has 5 heteroatoms. The van der Waals surface area contributed by atoms with Gasteiger partial charge in [0.15, 0.2) is 0 Å². The van der Waals surface area contributed by atoms with Crippen molar-refractivity contribution in [3.8, 4) is 0 Å². The molecule has 2 aromatic rings. The summed E-state index contributed by atoms with van der Waals surface area (Å²) in [6.07, 6.45) is 2.52. The molecule has 0 fully saturated rings. The van der Waals surface area contributed by atoms with Crippen molar-refractivity contribution in [3.63, 3.8) is 0 Å². The molecule has 0 aliphatic heterocycles. The lowest BCUT2D eigenvalue weighted by atomic mass is 10.0. The second-order valence-electron chi connectivity index (χ2n) is 3.58. The van der Waals surface area contributed by atoms with Crippen LogP contribution in [0.4, 0.5) is 10.2 Å². The fourth-order valence-electron chi connectivity index (χ4n) is 1.51. The summed E-state index contributed by atoms with van der Waals surface area (Å²) in [6.45, 7) is 1.76. The minimum Gasteiger partial charge on any atom is -0.383 e. The topological polar surface area (TPSA) is 68.9 Å². The Morgan fingerprint density at radius 1 is 1.29 bits per heavy atom. The van der Waals surface area contributed by atoms with E-state index in [1.165, 1.54) is 18.3 Å². The summed E-state index contributed by atoms with van der Waals surface area (Å²) in [5, 5.41) is 0. The lowest BCUT2D eigenvalue weighted by Crippen LogP contribution is -2.10. The molecule has 2 aromatic heterocycles. The number of nitrogens with two attached hydrogens (primary N) is 1. The van der Waals surface area contributed by atoms with Gasteiger partial charge in [-0.05, 0) is 30.7 Å². The maximum Gasteiger partial charge on any atom is 0.215 e. The zero-order valence-corrected chi connectivity index (χ0v) is 9.14. The predicted molar refractivity (Wildman–Crippen MR) is 61.0 cm³/mol. The standard InChI is InChI=1S/C12H10FN3O/c1-7-4-5-15-12(14)10(7)11(17)9-3-2-8(13)6-16-9/h2-6H,1H3,(H2,14,15). The van der Waals surface area contributed by atoms with Crippen LogP contribution in [0.2, 0.25) is 0 Å². The summed E-state index contributed by atoms with van der Waals surface area (Å²) in [7, 11) is 0. The lowest BCUT2D eigenvalue weighted by Gasteiger charge is -2.06. The average Bonchev–Trinajstić information content (AvgIpc) is 2.29. The van der Waals surface area contributed by atoms with E-state index in [-0.39, 0.29) is 17.3 Å². The second-order valence-corrected chi connectivity index (χ2v) is 3.58. The Hall–Kier alpha value is -2.30. The van der Waals surface area contributed by atoms with Crippen LogP contribution in [0, 0.1) is 12.7 Å². The quantitative estimate of drug-likeness (QED) is 0.799. The Bertz CT molecular complexity index is 546. The van der Waals surface area contributed by atoms with E-state index >= 15 is 0 Å². The molecule has 0 aliphatic rings. The van der Waals surface area contributed by atoms with Crippen LogP contribution < -0.4 is 5.73 Å². The van der Waals surface area contributed by atoms with Crippen LogP contribution in [0.3, 0.4) is 0 Å². The monoisotopic (exact) mass is 231 g/mol. The van der Waals surface area contributed by atoms with Crippen molar-refractivity contribution in [2.24, 2.45) is 0 Å². The van der Waals surface area contributed by atoms with Crippen LogP contribution in [0.15, 0.2) is 30.6 Å². The molecule has 0 spiro atoms. The van der Waals surface area contributed by atoms with Gasteiger partial charge in [0.1, 0.15) is 17.3 Å². The largest absolute Gasteiger partial charge is 0.383 e. The lowest BCUT2D eigenvalue weighted by molar-refractivity contribution is 0.103. The van der Waals surface area contributed by atoms with Crippen molar-refractivity contribution in [1.82, 2.24) is 9.97 Å². The highest BCUT2D eigenvalue weighted by Crippen LogP contribution is 2.17. The highest BCUT2D eigenvalue weighted by atomic mass is 19.1. The van der Waals surface area contributed by atoms with E-state index in [1.54, 1.807) is 13.0 Å². The first-order valence-corrected chi connectivity index (χ1v) is 4.97. The fraction of sp³-hybridized carbons (Fsp3) is 0.0833. The van der Waals surface area contributed by atoms with Crippen molar-refractivity contribution in [2.45, 2.75) is 6.92 Å². The van der Waals surface area contributed by atoms with Gasteiger partial charge < -0.3 is 5.73 Å². The Balaban J connectivity index is 2.47.